The Labute approximate surface area is 75.9 Å². The van der Waals surface area contributed by atoms with E-state index in [0.29, 0.717) is 0 Å². The summed E-state index contributed by atoms with van der Waals surface area (Å²) in [6.45, 7) is 0. The maximum Gasteiger partial charge on any atom is 0.264 e. The Hall–Kier alpha value is -1.03. The number of hydrogen-bond donors (Lipinski definition) is 2. The van der Waals surface area contributed by atoms with Crippen molar-refractivity contribution in [2.45, 2.75) is 6.42 Å². The number of thiol groups is 1. The van der Waals surface area contributed by atoms with Crippen LogP contribution in [0, 0.1) is 0 Å². The van der Waals surface area contributed by atoms with Crippen LogP contribution in [0.15, 0.2) is 23.0 Å². The third-order valence-electron chi connectivity index (χ3n) is 1.29. The molecule has 1 aromatic rings. The first-order valence-electron chi connectivity index (χ1n) is 3.66. The fraction of sp³-hybridized carbons (Fsp3) is 0.250. The number of aromatic nitrogens is 2. The molecule has 0 spiro atoms. The zero-order valence-electron chi connectivity index (χ0n) is 6.53. The van der Waals surface area contributed by atoms with Crippen molar-refractivity contribution in [2.75, 3.05) is 5.75 Å². The van der Waals surface area contributed by atoms with Gasteiger partial charge in [-0.1, -0.05) is 6.08 Å². The van der Waals surface area contributed by atoms with Gasteiger partial charge in [-0.3, -0.25) is 4.79 Å². The predicted molar refractivity (Wildman–Crippen MR) is 52.4 cm³/mol. The van der Waals surface area contributed by atoms with E-state index in [1.54, 1.807) is 6.07 Å². The average Bonchev–Trinajstić information content (AvgIpc) is 2.09. The molecule has 1 N–H and O–H groups in total. The first-order chi connectivity index (χ1) is 5.83. The molecule has 0 fully saturated rings. The van der Waals surface area contributed by atoms with Crippen LogP contribution in [0.25, 0.3) is 6.08 Å². The Morgan fingerprint density at radius 2 is 2.42 bits per heavy atom. The maximum atomic E-state index is 10.6. The van der Waals surface area contributed by atoms with Crippen molar-refractivity contribution in [3.63, 3.8) is 0 Å². The molecular formula is C8H10N2OS. The number of nitrogens with zero attached hydrogens (tertiary/aromatic N) is 1. The van der Waals surface area contributed by atoms with E-state index in [-0.39, 0.29) is 5.56 Å². The van der Waals surface area contributed by atoms with Crippen LogP contribution < -0.4 is 5.56 Å². The lowest BCUT2D eigenvalue weighted by molar-refractivity contribution is 0.976. The first kappa shape index (κ1) is 9.06. The van der Waals surface area contributed by atoms with Gasteiger partial charge in [-0.05, 0) is 24.3 Å². The summed E-state index contributed by atoms with van der Waals surface area (Å²) in [5.74, 6) is 0.819. The van der Waals surface area contributed by atoms with E-state index < -0.39 is 0 Å². The SMILES string of the molecule is O=c1ccc(C=CCCS)n[nH]1. The molecule has 0 radical (unpaired) electrons. The summed E-state index contributed by atoms with van der Waals surface area (Å²) in [4.78, 5) is 10.6. The minimum Gasteiger partial charge on any atom is -0.268 e. The molecule has 0 aliphatic carbocycles. The summed E-state index contributed by atoms with van der Waals surface area (Å²) in [6, 6.07) is 3.13. The summed E-state index contributed by atoms with van der Waals surface area (Å²) in [7, 11) is 0. The van der Waals surface area contributed by atoms with E-state index in [4.69, 9.17) is 0 Å². The quantitative estimate of drug-likeness (QED) is 0.688. The lowest BCUT2D eigenvalue weighted by Gasteiger charge is -1.88. The maximum absolute atomic E-state index is 10.6. The van der Waals surface area contributed by atoms with Crippen molar-refractivity contribution in [3.05, 3.63) is 34.3 Å². The predicted octanol–water partition coefficient (Wildman–Crippen LogP) is 1.10. The van der Waals surface area contributed by atoms with Gasteiger partial charge in [0.15, 0.2) is 0 Å². The molecule has 3 nitrogen and oxygen atoms in total. The zero-order chi connectivity index (χ0) is 8.81. The van der Waals surface area contributed by atoms with E-state index >= 15 is 0 Å². The van der Waals surface area contributed by atoms with Gasteiger partial charge >= 0.3 is 0 Å². The summed E-state index contributed by atoms with van der Waals surface area (Å²) >= 11 is 4.05. The first-order valence-corrected chi connectivity index (χ1v) is 4.29. The molecule has 0 amide bonds. The minimum absolute atomic E-state index is 0.179. The molecule has 1 heterocycles. The van der Waals surface area contributed by atoms with E-state index in [9.17, 15) is 4.79 Å². The molecule has 4 heteroatoms. The Balaban J connectivity index is 2.64. The Morgan fingerprint density at radius 1 is 1.58 bits per heavy atom. The van der Waals surface area contributed by atoms with Crippen LogP contribution in [-0.2, 0) is 0 Å². The van der Waals surface area contributed by atoms with Gasteiger partial charge in [0.05, 0.1) is 5.69 Å². The molecule has 0 saturated carbocycles. The van der Waals surface area contributed by atoms with Crippen molar-refractivity contribution >= 4 is 18.7 Å². The third-order valence-corrected chi connectivity index (χ3v) is 1.54. The van der Waals surface area contributed by atoms with Crippen molar-refractivity contribution < 1.29 is 0 Å². The molecule has 0 atom stereocenters. The van der Waals surface area contributed by atoms with Gasteiger partial charge in [-0.25, -0.2) is 5.10 Å². The summed E-state index contributed by atoms with van der Waals surface area (Å²) in [5.41, 5.74) is 0.581. The van der Waals surface area contributed by atoms with Gasteiger partial charge < -0.3 is 0 Å². The van der Waals surface area contributed by atoms with Crippen molar-refractivity contribution in [1.82, 2.24) is 10.2 Å². The molecule has 0 aromatic carbocycles. The number of hydrogen-bond acceptors (Lipinski definition) is 3. The second kappa shape index (κ2) is 4.77. The minimum atomic E-state index is -0.179. The second-order valence-electron chi connectivity index (χ2n) is 2.26. The monoisotopic (exact) mass is 182 g/mol. The van der Waals surface area contributed by atoms with E-state index in [2.05, 4.69) is 22.8 Å². The lowest BCUT2D eigenvalue weighted by atomic mass is 10.3. The van der Waals surface area contributed by atoms with Crippen molar-refractivity contribution in [1.29, 1.82) is 0 Å². The molecule has 0 aliphatic heterocycles. The fourth-order valence-corrected chi connectivity index (χ4v) is 0.876. The van der Waals surface area contributed by atoms with Crippen LogP contribution in [0.2, 0.25) is 0 Å². The molecule has 1 rings (SSSR count). The molecule has 64 valence electrons. The fourth-order valence-electron chi connectivity index (χ4n) is 0.727. The van der Waals surface area contributed by atoms with Crippen LogP contribution >= 0.6 is 12.6 Å². The zero-order valence-corrected chi connectivity index (χ0v) is 7.42. The van der Waals surface area contributed by atoms with Crippen LogP contribution in [0.4, 0.5) is 0 Å². The highest BCUT2D eigenvalue weighted by Crippen LogP contribution is 1.95. The molecule has 0 saturated heterocycles. The largest absolute Gasteiger partial charge is 0.268 e. The van der Waals surface area contributed by atoms with Crippen LogP contribution in [-0.4, -0.2) is 16.0 Å². The average molecular weight is 182 g/mol. The van der Waals surface area contributed by atoms with Crippen LogP contribution in [0.1, 0.15) is 12.1 Å². The highest BCUT2D eigenvalue weighted by Gasteiger charge is 1.86. The Kier molecular flexibility index (Phi) is 3.60. The summed E-state index contributed by atoms with van der Waals surface area (Å²) < 4.78 is 0. The second-order valence-corrected chi connectivity index (χ2v) is 2.71. The normalized spacial score (nSPS) is 10.8. The summed E-state index contributed by atoms with van der Waals surface area (Å²) in [5, 5.41) is 6.15. The molecular weight excluding hydrogens is 172 g/mol. The van der Waals surface area contributed by atoms with Crippen LogP contribution in [0.3, 0.4) is 0 Å². The molecule has 1 aromatic heterocycles. The number of rotatable bonds is 3. The van der Waals surface area contributed by atoms with Crippen LogP contribution in [0.5, 0.6) is 0 Å². The number of H-pyrrole nitrogens is 1. The van der Waals surface area contributed by atoms with Gasteiger partial charge in [0.1, 0.15) is 0 Å². The number of aromatic amines is 1. The Bertz CT molecular complexity index is 299. The van der Waals surface area contributed by atoms with Gasteiger partial charge in [0, 0.05) is 6.07 Å². The highest BCUT2D eigenvalue weighted by molar-refractivity contribution is 7.80. The van der Waals surface area contributed by atoms with Gasteiger partial charge in [-0.15, -0.1) is 0 Å². The standard InChI is InChI=1S/C8H10N2OS/c11-8-5-4-7(9-10-8)3-1-2-6-12/h1,3-5,12H,2,6H2,(H,10,11). The lowest BCUT2D eigenvalue weighted by Crippen LogP contribution is -2.05. The van der Waals surface area contributed by atoms with Gasteiger partial charge in [0.2, 0.25) is 0 Å². The highest BCUT2D eigenvalue weighted by atomic mass is 32.1. The van der Waals surface area contributed by atoms with E-state index in [1.807, 2.05) is 12.2 Å². The molecule has 0 aliphatic rings. The topological polar surface area (TPSA) is 45.8 Å². The Morgan fingerprint density at radius 3 is 3.00 bits per heavy atom. The van der Waals surface area contributed by atoms with Gasteiger partial charge in [0.25, 0.3) is 5.56 Å². The van der Waals surface area contributed by atoms with Crippen molar-refractivity contribution in [3.8, 4) is 0 Å². The molecule has 0 unspecified atom stereocenters. The third kappa shape index (κ3) is 2.92. The van der Waals surface area contributed by atoms with Crippen molar-refractivity contribution in [2.24, 2.45) is 0 Å². The number of allylic oxidation sites excluding steroid dienone is 1. The molecule has 0 bridgehead atoms. The van der Waals surface area contributed by atoms with E-state index in [1.165, 1.54) is 6.07 Å². The van der Waals surface area contributed by atoms with E-state index in [0.717, 1.165) is 17.9 Å². The summed E-state index contributed by atoms with van der Waals surface area (Å²) in [6.07, 6.45) is 4.73. The smallest absolute Gasteiger partial charge is 0.264 e. The van der Waals surface area contributed by atoms with Gasteiger partial charge in [-0.2, -0.15) is 17.7 Å². The number of nitrogens with one attached hydrogen (secondary N) is 1. The molecule has 12 heavy (non-hydrogen) atoms.